The highest BCUT2D eigenvalue weighted by Gasteiger charge is 2.24. The van der Waals surface area contributed by atoms with Gasteiger partial charge in [-0.3, -0.25) is 9.59 Å². The zero-order chi connectivity index (χ0) is 37.5. The van der Waals surface area contributed by atoms with E-state index in [4.69, 9.17) is 4.74 Å². The third kappa shape index (κ3) is 34.9. The van der Waals surface area contributed by atoms with Gasteiger partial charge < -0.3 is 20.3 Å². The molecule has 3 N–H and O–H groups in total. The maximum atomic E-state index is 13.1. The van der Waals surface area contributed by atoms with Crippen LogP contribution < -0.4 is 5.32 Å². The molecule has 0 aliphatic rings. The summed E-state index contributed by atoms with van der Waals surface area (Å²) in [5, 5.41) is 23.6. The summed E-state index contributed by atoms with van der Waals surface area (Å²) in [7, 11) is 0. The smallest absolute Gasteiger partial charge is 0.306 e. The minimum atomic E-state index is -0.791. The molecule has 0 aromatic heterocycles. The van der Waals surface area contributed by atoms with E-state index in [2.05, 4.69) is 50.4 Å². The summed E-state index contributed by atoms with van der Waals surface area (Å²) in [5.74, 6) is -0.509. The van der Waals surface area contributed by atoms with Crippen molar-refractivity contribution < 1.29 is 24.5 Å². The van der Waals surface area contributed by atoms with E-state index in [1.54, 1.807) is 0 Å². The van der Waals surface area contributed by atoms with Gasteiger partial charge in [0, 0.05) is 6.42 Å². The predicted octanol–water partition coefficient (Wildman–Crippen LogP) is 12.2. The second-order valence-electron chi connectivity index (χ2n) is 14.8. The van der Waals surface area contributed by atoms with Crippen molar-refractivity contribution in [2.45, 2.75) is 232 Å². The quantitative estimate of drug-likeness (QED) is 0.0336. The summed E-state index contributed by atoms with van der Waals surface area (Å²) in [6, 6.07) is -0.707. The number of nitrogens with one attached hydrogen (secondary N) is 1. The number of amides is 1. The van der Waals surface area contributed by atoms with E-state index in [0.29, 0.717) is 19.3 Å². The Hall–Kier alpha value is -1.92. The highest BCUT2D eigenvalue weighted by atomic mass is 16.5. The second kappa shape index (κ2) is 39.3. The monoisotopic (exact) mass is 718 g/mol. The molecule has 0 saturated heterocycles. The van der Waals surface area contributed by atoms with Crippen LogP contribution in [0.3, 0.4) is 0 Å². The molecule has 0 aliphatic carbocycles. The lowest BCUT2D eigenvalue weighted by Gasteiger charge is -2.24. The van der Waals surface area contributed by atoms with E-state index in [0.717, 1.165) is 70.6 Å². The molecule has 1 amide bonds. The van der Waals surface area contributed by atoms with Gasteiger partial charge in [-0.25, -0.2) is 0 Å². The Bertz CT molecular complexity index is 854. The van der Waals surface area contributed by atoms with Crippen LogP contribution in [0.15, 0.2) is 36.5 Å². The topological polar surface area (TPSA) is 95.9 Å². The van der Waals surface area contributed by atoms with E-state index in [9.17, 15) is 19.8 Å². The van der Waals surface area contributed by atoms with E-state index in [-0.39, 0.29) is 24.9 Å². The summed E-state index contributed by atoms with van der Waals surface area (Å²) in [4.78, 5) is 25.9. The van der Waals surface area contributed by atoms with E-state index >= 15 is 0 Å². The fraction of sp³-hybridized carbons (Fsp3) is 0.822. The summed E-state index contributed by atoms with van der Waals surface area (Å²) in [5.41, 5.74) is 0. The van der Waals surface area contributed by atoms with Crippen molar-refractivity contribution in [3.63, 3.8) is 0 Å². The first-order chi connectivity index (χ1) is 25.0. The number of unbranched alkanes of at least 4 members (excludes halogenated alkanes) is 22. The number of hydrogen-bond acceptors (Lipinski definition) is 5. The number of aliphatic hydroxyl groups excluding tert-OH is 2. The number of carbonyl (C=O) groups is 2. The lowest BCUT2D eigenvalue weighted by Crippen LogP contribution is -2.46. The molecule has 6 nitrogen and oxygen atoms in total. The van der Waals surface area contributed by atoms with Crippen molar-refractivity contribution in [2.75, 3.05) is 6.61 Å². The number of aliphatic hydroxyl groups is 2. The van der Waals surface area contributed by atoms with Gasteiger partial charge in [-0.1, -0.05) is 192 Å². The minimum Gasteiger partial charge on any atom is -0.462 e. The Balaban J connectivity index is 4.63. The third-order valence-electron chi connectivity index (χ3n) is 9.79. The Kier molecular flexibility index (Phi) is 37.8. The van der Waals surface area contributed by atoms with Crippen LogP contribution in [-0.4, -0.2) is 46.9 Å². The Morgan fingerprint density at radius 1 is 0.588 bits per heavy atom. The highest BCUT2D eigenvalue weighted by Crippen LogP contribution is 2.17. The SMILES string of the molecule is CC/C=C/C=C/C=C\CCCCCC(CC(=O)NC(CO)C(O)CCCCCCCCCCCCC)OC(=O)CCCCCCCCCCCC. The average molecular weight is 718 g/mol. The summed E-state index contributed by atoms with van der Waals surface area (Å²) in [6.07, 6.45) is 43.5. The van der Waals surface area contributed by atoms with Gasteiger partial charge in [-0.2, -0.15) is 0 Å². The number of esters is 1. The first-order valence-corrected chi connectivity index (χ1v) is 21.7. The summed E-state index contributed by atoms with van der Waals surface area (Å²) >= 11 is 0. The van der Waals surface area contributed by atoms with Gasteiger partial charge in [0.25, 0.3) is 0 Å². The van der Waals surface area contributed by atoms with Gasteiger partial charge in [0.15, 0.2) is 0 Å². The van der Waals surface area contributed by atoms with Crippen LogP contribution in [0.1, 0.15) is 213 Å². The molecule has 0 saturated carbocycles. The lowest BCUT2D eigenvalue weighted by atomic mass is 10.0. The second-order valence-corrected chi connectivity index (χ2v) is 14.8. The van der Waals surface area contributed by atoms with Crippen molar-refractivity contribution in [2.24, 2.45) is 0 Å². The number of allylic oxidation sites excluding steroid dienone is 6. The van der Waals surface area contributed by atoms with Gasteiger partial charge in [0.05, 0.1) is 25.2 Å². The molecule has 0 radical (unpaired) electrons. The first kappa shape index (κ1) is 49.1. The zero-order valence-electron chi connectivity index (χ0n) is 33.7. The van der Waals surface area contributed by atoms with Gasteiger partial charge in [0.2, 0.25) is 5.91 Å². The molecule has 0 aromatic carbocycles. The molecule has 6 heteroatoms. The average Bonchev–Trinajstić information content (AvgIpc) is 3.12. The van der Waals surface area contributed by atoms with Crippen LogP contribution in [-0.2, 0) is 14.3 Å². The molecule has 298 valence electrons. The minimum absolute atomic E-state index is 0.0570. The molecule has 0 heterocycles. The Morgan fingerprint density at radius 3 is 1.59 bits per heavy atom. The van der Waals surface area contributed by atoms with Crippen LogP contribution in [0.25, 0.3) is 0 Å². The largest absolute Gasteiger partial charge is 0.462 e. The predicted molar refractivity (Wildman–Crippen MR) is 218 cm³/mol. The van der Waals surface area contributed by atoms with Crippen LogP contribution in [0, 0.1) is 0 Å². The molecule has 3 unspecified atom stereocenters. The number of hydrogen-bond donors (Lipinski definition) is 3. The van der Waals surface area contributed by atoms with Crippen molar-refractivity contribution in [3.8, 4) is 0 Å². The Morgan fingerprint density at radius 2 is 1.06 bits per heavy atom. The van der Waals surface area contributed by atoms with Crippen LogP contribution >= 0.6 is 0 Å². The molecule has 0 rings (SSSR count). The molecular formula is C45H83NO5. The molecule has 0 fully saturated rings. The van der Waals surface area contributed by atoms with Crippen LogP contribution in [0.5, 0.6) is 0 Å². The van der Waals surface area contributed by atoms with Gasteiger partial charge >= 0.3 is 5.97 Å². The highest BCUT2D eigenvalue weighted by molar-refractivity contribution is 5.77. The molecule has 0 bridgehead atoms. The molecule has 0 spiro atoms. The van der Waals surface area contributed by atoms with Gasteiger partial charge in [0.1, 0.15) is 6.10 Å². The normalized spacial score (nSPS) is 13.7. The van der Waals surface area contributed by atoms with Crippen LogP contribution in [0.4, 0.5) is 0 Å². The van der Waals surface area contributed by atoms with Gasteiger partial charge in [-0.15, -0.1) is 0 Å². The third-order valence-corrected chi connectivity index (χ3v) is 9.79. The number of carbonyl (C=O) groups excluding carboxylic acids is 2. The van der Waals surface area contributed by atoms with E-state index in [1.807, 2.05) is 12.2 Å². The van der Waals surface area contributed by atoms with Gasteiger partial charge in [-0.05, 0) is 44.9 Å². The van der Waals surface area contributed by atoms with E-state index in [1.165, 1.54) is 96.3 Å². The standard InChI is InChI=1S/C45H83NO5/c1-4-7-10-13-16-19-22-24-27-30-33-36-41(51-45(50)38-35-32-29-26-21-18-15-12-9-6-3)39-44(49)46-42(40-47)43(48)37-34-31-28-25-23-20-17-14-11-8-5-2/h7,10,13,16,19,22,41-43,47-48H,4-6,8-9,11-12,14-15,17-18,20-21,23-40H2,1-3H3,(H,46,49)/b10-7+,16-13+,22-19-. The fourth-order valence-electron chi connectivity index (χ4n) is 6.49. The summed E-state index contributed by atoms with van der Waals surface area (Å²) < 4.78 is 5.86. The Labute approximate surface area is 315 Å². The summed E-state index contributed by atoms with van der Waals surface area (Å²) in [6.45, 7) is 6.30. The maximum absolute atomic E-state index is 13.1. The van der Waals surface area contributed by atoms with E-state index < -0.39 is 18.2 Å². The lowest BCUT2D eigenvalue weighted by molar-refractivity contribution is -0.151. The molecular weight excluding hydrogens is 634 g/mol. The van der Waals surface area contributed by atoms with Crippen molar-refractivity contribution in [3.05, 3.63) is 36.5 Å². The fourth-order valence-corrected chi connectivity index (χ4v) is 6.49. The molecule has 0 aliphatic heterocycles. The van der Waals surface area contributed by atoms with Crippen molar-refractivity contribution >= 4 is 11.9 Å². The zero-order valence-corrected chi connectivity index (χ0v) is 33.7. The maximum Gasteiger partial charge on any atom is 0.306 e. The molecule has 51 heavy (non-hydrogen) atoms. The first-order valence-electron chi connectivity index (χ1n) is 21.7. The van der Waals surface area contributed by atoms with Crippen molar-refractivity contribution in [1.82, 2.24) is 5.32 Å². The van der Waals surface area contributed by atoms with Crippen LogP contribution in [0.2, 0.25) is 0 Å². The molecule has 3 atom stereocenters. The molecule has 0 aromatic rings. The number of ether oxygens (including phenoxy) is 1. The van der Waals surface area contributed by atoms with Crippen molar-refractivity contribution in [1.29, 1.82) is 0 Å². The number of rotatable bonds is 38.